The molecular weight excluding hydrogens is 452 g/mol. The van der Waals surface area contributed by atoms with Crippen LogP contribution in [0, 0.1) is 0 Å². The van der Waals surface area contributed by atoms with E-state index in [1.54, 1.807) is 12.1 Å². The highest BCUT2D eigenvalue weighted by molar-refractivity contribution is 5.94. The highest BCUT2D eigenvalue weighted by Crippen LogP contribution is 2.24. The minimum absolute atomic E-state index is 0.00860. The number of aromatic hydroxyl groups is 1. The number of phenols is 1. The van der Waals surface area contributed by atoms with Gasteiger partial charge < -0.3 is 26.0 Å². The Bertz CT molecular complexity index is 1160. The van der Waals surface area contributed by atoms with E-state index in [1.807, 2.05) is 56.3 Å². The van der Waals surface area contributed by atoms with Gasteiger partial charge in [-0.1, -0.05) is 62.4 Å². The third kappa shape index (κ3) is 7.40. The molecule has 0 aliphatic heterocycles. The van der Waals surface area contributed by atoms with Crippen LogP contribution in [0.1, 0.15) is 66.4 Å². The standard InChI is InChI=1S/C30H38N2O4/c1-29(2,25-11-6-5-7-12-25)20-31-28(36)23-10-8-9-21(15-23)17-30(3,4)32-18-27(35)22-13-14-26(34)24(16-22)19-33/h5-16,27,32-35H,17-20H2,1-4H3,(H,31,36)/t27-/m0/s1. The Morgan fingerprint density at radius 2 is 1.67 bits per heavy atom. The Kier molecular flexibility index (Phi) is 8.90. The van der Waals surface area contributed by atoms with E-state index in [9.17, 15) is 20.1 Å². The Balaban J connectivity index is 1.58. The number of hydrogen-bond donors (Lipinski definition) is 5. The van der Waals surface area contributed by atoms with Gasteiger partial charge >= 0.3 is 0 Å². The first-order chi connectivity index (χ1) is 17.0. The van der Waals surface area contributed by atoms with Crippen molar-refractivity contribution in [2.24, 2.45) is 0 Å². The molecule has 192 valence electrons. The van der Waals surface area contributed by atoms with Crippen LogP contribution >= 0.6 is 0 Å². The van der Waals surface area contributed by atoms with Gasteiger partial charge in [0, 0.05) is 35.2 Å². The van der Waals surface area contributed by atoms with E-state index in [1.165, 1.54) is 11.6 Å². The summed E-state index contributed by atoms with van der Waals surface area (Å²) in [6.45, 7) is 8.86. The number of benzene rings is 3. The van der Waals surface area contributed by atoms with Crippen LogP contribution in [-0.2, 0) is 18.4 Å². The number of aliphatic hydroxyl groups excluding tert-OH is 2. The number of hydrogen-bond acceptors (Lipinski definition) is 5. The van der Waals surface area contributed by atoms with E-state index in [0.29, 0.717) is 36.2 Å². The molecule has 0 heterocycles. The van der Waals surface area contributed by atoms with Crippen LogP contribution in [0.15, 0.2) is 72.8 Å². The lowest BCUT2D eigenvalue weighted by Gasteiger charge is -2.28. The number of carbonyl (C=O) groups excluding carboxylic acids is 1. The summed E-state index contributed by atoms with van der Waals surface area (Å²) in [5.41, 5.74) is 3.29. The van der Waals surface area contributed by atoms with Crippen molar-refractivity contribution >= 4 is 5.91 Å². The Morgan fingerprint density at radius 3 is 2.36 bits per heavy atom. The summed E-state index contributed by atoms with van der Waals surface area (Å²) in [6.07, 6.45) is -0.131. The lowest BCUT2D eigenvalue weighted by atomic mass is 9.84. The molecule has 0 aliphatic rings. The molecule has 0 aliphatic carbocycles. The minimum Gasteiger partial charge on any atom is -0.508 e. The van der Waals surface area contributed by atoms with Gasteiger partial charge in [-0.15, -0.1) is 0 Å². The topological polar surface area (TPSA) is 102 Å². The van der Waals surface area contributed by atoms with Crippen LogP contribution in [-0.4, -0.2) is 39.9 Å². The summed E-state index contributed by atoms with van der Waals surface area (Å²) in [5, 5.41) is 36.2. The molecule has 3 aromatic rings. The average Bonchev–Trinajstić information content (AvgIpc) is 2.86. The van der Waals surface area contributed by atoms with Crippen molar-refractivity contribution in [1.82, 2.24) is 10.6 Å². The van der Waals surface area contributed by atoms with Gasteiger partial charge in [-0.25, -0.2) is 0 Å². The second-order valence-electron chi connectivity index (χ2n) is 10.6. The van der Waals surface area contributed by atoms with Crippen LogP contribution in [0.4, 0.5) is 0 Å². The fraction of sp³-hybridized carbons (Fsp3) is 0.367. The predicted octanol–water partition coefficient (Wildman–Crippen LogP) is 4.24. The second kappa shape index (κ2) is 11.7. The molecular formula is C30H38N2O4. The molecule has 1 atom stereocenters. The molecule has 6 nitrogen and oxygen atoms in total. The van der Waals surface area contributed by atoms with Crippen molar-refractivity contribution in [3.05, 3.63) is 101 Å². The fourth-order valence-electron chi connectivity index (χ4n) is 4.22. The quantitative estimate of drug-likeness (QED) is 0.277. The summed E-state index contributed by atoms with van der Waals surface area (Å²) < 4.78 is 0. The molecule has 0 aromatic heterocycles. The first kappa shape index (κ1) is 27.4. The van der Waals surface area contributed by atoms with Gasteiger partial charge in [-0.2, -0.15) is 0 Å². The van der Waals surface area contributed by atoms with E-state index in [0.717, 1.165) is 5.56 Å². The molecule has 3 rings (SSSR count). The lowest BCUT2D eigenvalue weighted by molar-refractivity contribution is 0.0945. The van der Waals surface area contributed by atoms with Crippen LogP contribution in [0.3, 0.4) is 0 Å². The zero-order chi connectivity index (χ0) is 26.3. The smallest absolute Gasteiger partial charge is 0.251 e. The number of nitrogens with one attached hydrogen (secondary N) is 2. The summed E-state index contributed by atoms with van der Waals surface area (Å²) >= 11 is 0. The zero-order valence-electron chi connectivity index (χ0n) is 21.6. The van der Waals surface area contributed by atoms with Crippen LogP contribution in [0.5, 0.6) is 5.75 Å². The van der Waals surface area contributed by atoms with E-state index < -0.39 is 6.10 Å². The Hall–Kier alpha value is -3.19. The van der Waals surface area contributed by atoms with Crippen molar-refractivity contribution in [3.8, 4) is 5.75 Å². The van der Waals surface area contributed by atoms with Crippen LogP contribution in [0.2, 0.25) is 0 Å². The number of β-amino-alcohol motifs (C(OH)–C–C–N with tert-alkyl or cyclic N) is 1. The van der Waals surface area contributed by atoms with Crippen molar-refractivity contribution in [2.75, 3.05) is 13.1 Å². The van der Waals surface area contributed by atoms with E-state index in [-0.39, 0.29) is 29.2 Å². The molecule has 0 bridgehead atoms. The molecule has 0 fully saturated rings. The molecule has 0 saturated heterocycles. The Morgan fingerprint density at radius 1 is 0.944 bits per heavy atom. The zero-order valence-corrected chi connectivity index (χ0v) is 21.6. The number of aliphatic hydroxyl groups is 2. The molecule has 3 aromatic carbocycles. The largest absolute Gasteiger partial charge is 0.508 e. The van der Waals surface area contributed by atoms with Gasteiger partial charge in [0.1, 0.15) is 5.75 Å². The third-order valence-electron chi connectivity index (χ3n) is 6.51. The first-order valence-corrected chi connectivity index (χ1v) is 12.3. The molecule has 6 heteroatoms. The first-order valence-electron chi connectivity index (χ1n) is 12.3. The number of carbonyl (C=O) groups is 1. The third-order valence-corrected chi connectivity index (χ3v) is 6.51. The SMILES string of the molecule is CC(C)(Cc1cccc(C(=O)NCC(C)(C)c2ccccc2)c1)NC[C@H](O)c1ccc(O)c(CO)c1. The molecule has 5 N–H and O–H groups in total. The van der Waals surface area contributed by atoms with Gasteiger partial charge in [0.2, 0.25) is 0 Å². The molecule has 0 radical (unpaired) electrons. The second-order valence-corrected chi connectivity index (χ2v) is 10.6. The predicted molar refractivity (Wildman–Crippen MR) is 143 cm³/mol. The number of rotatable bonds is 11. The highest BCUT2D eigenvalue weighted by Gasteiger charge is 2.23. The summed E-state index contributed by atoms with van der Waals surface area (Å²) in [4.78, 5) is 12.9. The van der Waals surface area contributed by atoms with Gasteiger partial charge in [-0.3, -0.25) is 4.79 Å². The fourth-order valence-corrected chi connectivity index (χ4v) is 4.22. The van der Waals surface area contributed by atoms with Crippen molar-refractivity contribution in [2.45, 2.75) is 57.8 Å². The summed E-state index contributed by atoms with van der Waals surface area (Å²) in [5.74, 6) is -0.0941. The molecule has 0 unspecified atom stereocenters. The van der Waals surface area contributed by atoms with Crippen molar-refractivity contribution < 1.29 is 20.1 Å². The minimum atomic E-state index is -0.791. The maximum absolute atomic E-state index is 12.9. The maximum atomic E-state index is 12.9. The molecule has 0 saturated carbocycles. The van der Waals surface area contributed by atoms with Crippen molar-refractivity contribution in [3.63, 3.8) is 0 Å². The number of amides is 1. The van der Waals surface area contributed by atoms with Gasteiger partial charge in [0.25, 0.3) is 5.91 Å². The van der Waals surface area contributed by atoms with Gasteiger partial charge in [-0.05, 0) is 61.2 Å². The van der Waals surface area contributed by atoms with Crippen LogP contribution in [0.25, 0.3) is 0 Å². The van der Waals surface area contributed by atoms with Crippen molar-refractivity contribution in [1.29, 1.82) is 0 Å². The molecule has 0 spiro atoms. The summed E-state index contributed by atoms with van der Waals surface area (Å²) in [7, 11) is 0. The molecule has 36 heavy (non-hydrogen) atoms. The van der Waals surface area contributed by atoms with Gasteiger partial charge in [0.05, 0.1) is 12.7 Å². The normalized spacial score (nSPS) is 12.8. The van der Waals surface area contributed by atoms with E-state index in [4.69, 9.17) is 0 Å². The monoisotopic (exact) mass is 490 g/mol. The maximum Gasteiger partial charge on any atom is 0.251 e. The van der Waals surface area contributed by atoms with Crippen LogP contribution < -0.4 is 10.6 Å². The molecule has 1 amide bonds. The Labute approximate surface area is 214 Å². The average molecular weight is 491 g/mol. The van der Waals surface area contributed by atoms with Gasteiger partial charge in [0.15, 0.2) is 0 Å². The van der Waals surface area contributed by atoms with E-state index >= 15 is 0 Å². The van der Waals surface area contributed by atoms with E-state index in [2.05, 4.69) is 36.6 Å². The lowest BCUT2D eigenvalue weighted by Crippen LogP contribution is -2.43. The summed E-state index contributed by atoms with van der Waals surface area (Å²) in [6, 6.07) is 22.5. The highest BCUT2D eigenvalue weighted by atomic mass is 16.3.